The zero-order valence-electron chi connectivity index (χ0n) is 18.6. The molecule has 1 fully saturated rings. The highest BCUT2D eigenvalue weighted by Crippen LogP contribution is 2.36. The van der Waals surface area contributed by atoms with Crippen molar-refractivity contribution in [2.75, 3.05) is 6.79 Å². The molecule has 1 aliphatic heterocycles. The third-order valence-corrected chi connectivity index (χ3v) is 7.27. The summed E-state index contributed by atoms with van der Waals surface area (Å²) in [5.74, 6) is 3.70. The highest BCUT2D eigenvalue weighted by Gasteiger charge is 2.17. The highest BCUT2D eigenvalue weighted by atomic mass is 32.2. The largest absolute Gasteiger partial charge is 0.454 e. The minimum absolute atomic E-state index is 0.235. The van der Waals surface area contributed by atoms with Crippen LogP contribution in [0.4, 0.5) is 0 Å². The lowest BCUT2D eigenvalue weighted by Crippen LogP contribution is -2.04. The molecule has 1 saturated carbocycles. The maximum atomic E-state index is 5.42. The van der Waals surface area contributed by atoms with Crippen LogP contribution in [0.15, 0.2) is 64.1 Å². The predicted molar refractivity (Wildman–Crippen MR) is 129 cm³/mol. The molecule has 172 valence electrons. The first-order chi connectivity index (χ1) is 16.8. The molecule has 0 unspecified atom stereocenters. The molecule has 7 nitrogen and oxygen atoms in total. The van der Waals surface area contributed by atoms with E-state index in [4.69, 9.17) is 14.0 Å². The second-order valence-corrected chi connectivity index (χ2v) is 9.58. The average Bonchev–Trinajstić information content (AvgIpc) is 3.58. The zero-order valence-corrected chi connectivity index (χ0v) is 19.5. The van der Waals surface area contributed by atoms with Crippen molar-refractivity contribution >= 4 is 11.8 Å². The fourth-order valence-corrected chi connectivity index (χ4v) is 5.17. The molecule has 0 radical (unpaired) electrons. The molecule has 4 aromatic rings. The summed E-state index contributed by atoms with van der Waals surface area (Å²) in [5, 5.41) is 13.7. The van der Waals surface area contributed by atoms with Gasteiger partial charge in [-0.3, -0.25) is 0 Å². The Morgan fingerprint density at radius 2 is 1.65 bits per heavy atom. The van der Waals surface area contributed by atoms with Crippen LogP contribution in [-0.4, -0.2) is 27.1 Å². The van der Waals surface area contributed by atoms with E-state index in [1.165, 1.54) is 49.4 Å². The Morgan fingerprint density at radius 3 is 2.47 bits per heavy atom. The number of aromatic nitrogens is 4. The maximum Gasteiger partial charge on any atom is 0.237 e. The number of benzene rings is 2. The lowest BCUT2D eigenvalue weighted by Gasteiger charge is -2.22. The van der Waals surface area contributed by atoms with Gasteiger partial charge in [0.15, 0.2) is 11.5 Å². The highest BCUT2D eigenvalue weighted by molar-refractivity contribution is 7.98. The summed E-state index contributed by atoms with van der Waals surface area (Å²) in [4.78, 5) is 4.49. The topological polar surface area (TPSA) is 83.2 Å². The summed E-state index contributed by atoms with van der Waals surface area (Å²) in [5.41, 5.74) is 4.24. The van der Waals surface area contributed by atoms with Gasteiger partial charge in [0.2, 0.25) is 18.5 Å². The van der Waals surface area contributed by atoms with Gasteiger partial charge in [-0.05, 0) is 54.7 Å². The lowest BCUT2D eigenvalue weighted by atomic mass is 9.84. The monoisotopic (exact) mass is 472 g/mol. The molecular weight excluding hydrogens is 448 g/mol. The van der Waals surface area contributed by atoms with Gasteiger partial charge in [0.05, 0.1) is 11.4 Å². The summed E-state index contributed by atoms with van der Waals surface area (Å²) in [7, 11) is 0. The molecule has 0 bridgehead atoms. The van der Waals surface area contributed by atoms with Crippen LogP contribution in [0.3, 0.4) is 0 Å². The molecule has 2 aromatic carbocycles. The van der Waals surface area contributed by atoms with Gasteiger partial charge < -0.3 is 14.0 Å². The molecule has 0 spiro atoms. The smallest absolute Gasteiger partial charge is 0.237 e. The van der Waals surface area contributed by atoms with Crippen LogP contribution in [0.25, 0.3) is 22.6 Å². The molecule has 2 aromatic heterocycles. The molecule has 34 heavy (non-hydrogen) atoms. The van der Waals surface area contributed by atoms with Gasteiger partial charge in [-0.25, -0.2) is 0 Å². The maximum absolute atomic E-state index is 5.42. The minimum Gasteiger partial charge on any atom is -0.454 e. The summed E-state index contributed by atoms with van der Waals surface area (Å²) in [6.45, 7) is 0.235. The van der Waals surface area contributed by atoms with Crippen LogP contribution >= 0.6 is 11.8 Å². The van der Waals surface area contributed by atoms with E-state index in [1.807, 2.05) is 30.3 Å². The third kappa shape index (κ3) is 4.50. The van der Waals surface area contributed by atoms with E-state index in [0.29, 0.717) is 29.1 Å². The van der Waals surface area contributed by atoms with E-state index >= 15 is 0 Å². The Labute approximate surface area is 201 Å². The number of ether oxygens (including phenoxy) is 2. The number of rotatable bonds is 6. The first-order valence-corrected chi connectivity index (χ1v) is 12.6. The lowest BCUT2D eigenvalue weighted by molar-refractivity contribution is 0.174. The van der Waals surface area contributed by atoms with Gasteiger partial charge in [0, 0.05) is 11.1 Å². The van der Waals surface area contributed by atoms with Crippen molar-refractivity contribution in [1.29, 1.82) is 0 Å². The van der Waals surface area contributed by atoms with Gasteiger partial charge in [0.1, 0.15) is 5.03 Å². The molecule has 0 amide bonds. The number of fused-ring (bicyclic) bond motifs is 1. The number of hydrogen-bond donors (Lipinski definition) is 0. The van der Waals surface area contributed by atoms with Crippen molar-refractivity contribution in [2.24, 2.45) is 0 Å². The van der Waals surface area contributed by atoms with Crippen LogP contribution in [-0.2, 0) is 5.75 Å². The zero-order chi connectivity index (χ0) is 22.7. The Hall–Kier alpha value is -3.39. The molecule has 8 heteroatoms. The minimum atomic E-state index is 0.235. The second-order valence-electron chi connectivity index (χ2n) is 8.58. The van der Waals surface area contributed by atoms with Crippen molar-refractivity contribution in [3.63, 3.8) is 0 Å². The summed E-state index contributed by atoms with van der Waals surface area (Å²) < 4.78 is 16.2. The molecule has 0 N–H and O–H groups in total. The van der Waals surface area contributed by atoms with Crippen molar-refractivity contribution in [3.05, 3.63) is 66.1 Å². The molecule has 1 aliphatic carbocycles. The number of thioether (sulfide) groups is 1. The van der Waals surface area contributed by atoms with Crippen molar-refractivity contribution in [1.82, 2.24) is 20.3 Å². The fraction of sp³-hybridized carbons (Fsp3) is 0.308. The van der Waals surface area contributed by atoms with E-state index in [1.54, 1.807) is 0 Å². The molecule has 0 atom stereocenters. The summed E-state index contributed by atoms with van der Waals surface area (Å²) in [6, 6.07) is 18.4. The standard InChI is InChI=1S/C26H24N4O3S/c1-2-4-17(5-3-1)18-6-8-19(9-7-18)21-11-13-25(29-28-21)34-15-24-27-26(30-33-24)20-10-12-22-23(14-20)32-16-31-22/h6-14,17H,1-5,15-16H2. The first-order valence-electron chi connectivity index (χ1n) is 11.6. The Kier molecular flexibility index (Phi) is 5.89. The summed E-state index contributed by atoms with van der Waals surface area (Å²) >= 11 is 1.51. The van der Waals surface area contributed by atoms with Crippen molar-refractivity contribution < 1.29 is 14.0 Å². The van der Waals surface area contributed by atoms with E-state index < -0.39 is 0 Å². The predicted octanol–water partition coefficient (Wildman–Crippen LogP) is 6.26. The molecule has 2 aliphatic rings. The molecule has 0 saturated heterocycles. The van der Waals surface area contributed by atoms with Gasteiger partial charge in [-0.15, -0.1) is 10.2 Å². The van der Waals surface area contributed by atoms with E-state index in [9.17, 15) is 0 Å². The Bertz CT molecular complexity index is 1270. The summed E-state index contributed by atoms with van der Waals surface area (Å²) in [6.07, 6.45) is 6.69. The van der Waals surface area contributed by atoms with E-state index in [0.717, 1.165) is 27.6 Å². The van der Waals surface area contributed by atoms with Gasteiger partial charge in [-0.1, -0.05) is 60.4 Å². The molecule has 6 rings (SSSR count). The first kappa shape index (κ1) is 21.2. The van der Waals surface area contributed by atoms with Crippen LogP contribution in [0.2, 0.25) is 0 Å². The Balaban J connectivity index is 1.07. The fourth-order valence-electron chi connectivity index (χ4n) is 4.51. The van der Waals surface area contributed by atoms with Gasteiger partial charge in [-0.2, -0.15) is 4.98 Å². The third-order valence-electron chi connectivity index (χ3n) is 6.37. The van der Waals surface area contributed by atoms with Crippen LogP contribution in [0.1, 0.15) is 49.5 Å². The number of nitrogens with zero attached hydrogens (tertiary/aromatic N) is 4. The van der Waals surface area contributed by atoms with Crippen LogP contribution in [0.5, 0.6) is 11.5 Å². The van der Waals surface area contributed by atoms with Gasteiger partial charge >= 0.3 is 0 Å². The van der Waals surface area contributed by atoms with Crippen molar-refractivity contribution in [3.8, 4) is 34.1 Å². The van der Waals surface area contributed by atoms with Crippen LogP contribution in [0, 0.1) is 0 Å². The van der Waals surface area contributed by atoms with E-state index in [-0.39, 0.29) is 6.79 Å². The quantitative estimate of drug-likeness (QED) is 0.304. The second kappa shape index (κ2) is 9.46. The normalized spacial score (nSPS) is 15.5. The molecular formula is C26H24N4O3S. The van der Waals surface area contributed by atoms with Crippen LogP contribution < -0.4 is 9.47 Å². The van der Waals surface area contributed by atoms with Gasteiger partial charge in [0.25, 0.3) is 0 Å². The Morgan fingerprint density at radius 1 is 0.824 bits per heavy atom. The van der Waals surface area contributed by atoms with Crippen molar-refractivity contribution in [2.45, 2.75) is 48.8 Å². The SMILES string of the molecule is c1cc(C2CCCCC2)ccc1-c1ccc(SCc2nc(-c3ccc4c(c3)OCO4)no2)nn1. The average molecular weight is 473 g/mol. The number of hydrogen-bond acceptors (Lipinski definition) is 8. The van der Waals surface area contributed by atoms with E-state index in [2.05, 4.69) is 44.6 Å². The molecule has 3 heterocycles.